The fraction of sp³-hybridized carbons (Fsp3) is 0.625. The Morgan fingerprint density at radius 3 is 2.92 bits per heavy atom. The van der Waals surface area contributed by atoms with Gasteiger partial charge < -0.3 is 15.0 Å². The molecule has 1 aromatic heterocycles. The first kappa shape index (κ1) is 9.06. The Balaban J connectivity index is 2.24. The van der Waals surface area contributed by atoms with Crippen molar-refractivity contribution in [2.75, 3.05) is 12.3 Å². The van der Waals surface area contributed by atoms with Crippen LogP contribution >= 0.6 is 0 Å². The highest BCUT2D eigenvalue weighted by Crippen LogP contribution is 1.96. The van der Waals surface area contributed by atoms with Gasteiger partial charge in [0.25, 0.3) is 0 Å². The van der Waals surface area contributed by atoms with E-state index in [2.05, 4.69) is 4.98 Å². The van der Waals surface area contributed by atoms with Crippen molar-refractivity contribution in [3.8, 4) is 0 Å². The minimum absolute atomic E-state index is 0.283. The number of rotatable bonds is 4. The maximum Gasteiger partial charge on any atom is 0.141 e. The monoisotopic (exact) mass is 169 g/mol. The number of nitrogens with two attached hydrogens (primary N) is 1. The van der Waals surface area contributed by atoms with Crippen LogP contribution in [-0.4, -0.2) is 22.3 Å². The molecule has 0 bridgehead atoms. The zero-order valence-electron chi connectivity index (χ0n) is 7.53. The topological polar surface area (TPSA) is 53.1 Å². The van der Waals surface area contributed by atoms with Gasteiger partial charge in [-0.05, 0) is 13.8 Å². The molecule has 0 aliphatic carbocycles. The molecule has 4 heteroatoms. The van der Waals surface area contributed by atoms with E-state index in [4.69, 9.17) is 10.5 Å². The Bertz CT molecular complexity index is 232. The van der Waals surface area contributed by atoms with Crippen LogP contribution in [0.4, 0.5) is 5.82 Å². The van der Waals surface area contributed by atoms with Crippen molar-refractivity contribution < 1.29 is 4.74 Å². The summed E-state index contributed by atoms with van der Waals surface area (Å²) < 4.78 is 7.28. The highest BCUT2D eigenvalue weighted by molar-refractivity contribution is 5.22. The average molecular weight is 169 g/mol. The molecule has 0 aliphatic heterocycles. The van der Waals surface area contributed by atoms with E-state index in [0.29, 0.717) is 12.4 Å². The second kappa shape index (κ2) is 4.11. The van der Waals surface area contributed by atoms with Crippen LogP contribution in [0.25, 0.3) is 0 Å². The molecule has 0 spiro atoms. The number of hydrogen-bond acceptors (Lipinski definition) is 3. The third kappa shape index (κ3) is 2.92. The summed E-state index contributed by atoms with van der Waals surface area (Å²) >= 11 is 0. The summed E-state index contributed by atoms with van der Waals surface area (Å²) in [5.41, 5.74) is 5.44. The summed E-state index contributed by atoms with van der Waals surface area (Å²) in [6.45, 7) is 5.54. The van der Waals surface area contributed by atoms with E-state index in [1.165, 1.54) is 0 Å². The second-order valence-corrected chi connectivity index (χ2v) is 2.96. The SMILES string of the molecule is CC(C)OCCn1cnc(N)c1. The van der Waals surface area contributed by atoms with Gasteiger partial charge in [-0.2, -0.15) is 0 Å². The van der Waals surface area contributed by atoms with Gasteiger partial charge in [0.2, 0.25) is 0 Å². The minimum atomic E-state index is 0.283. The molecule has 0 amide bonds. The van der Waals surface area contributed by atoms with E-state index in [1.807, 2.05) is 18.4 Å². The number of nitrogens with zero attached hydrogens (tertiary/aromatic N) is 2. The largest absolute Gasteiger partial charge is 0.382 e. The summed E-state index contributed by atoms with van der Waals surface area (Å²) in [5.74, 6) is 0.555. The van der Waals surface area contributed by atoms with Crippen molar-refractivity contribution in [2.45, 2.75) is 26.5 Å². The van der Waals surface area contributed by atoms with Crippen LogP contribution in [0.3, 0.4) is 0 Å². The summed E-state index contributed by atoms with van der Waals surface area (Å²) in [5, 5.41) is 0. The van der Waals surface area contributed by atoms with Gasteiger partial charge in [0.1, 0.15) is 5.82 Å². The van der Waals surface area contributed by atoms with Crippen molar-refractivity contribution >= 4 is 5.82 Å². The Kier molecular flexibility index (Phi) is 3.10. The van der Waals surface area contributed by atoms with Gasteiger partial charge in [-0.3, -0.25) is 0 Å². The Morgan fingerprint density at radius 1 is 1.67 bits per heavy atom. The van der Waals surface area contributed by atoms with Crippen LogP contribution in [0.1, 0.15) is 13.8 Å². The molecule has 0 aliphatic rings. The zero-order chi connectivity index (χ0) is 8.97. The van der Waals surface area contributed by atoms with Gasteiger partial charge in [-0.25, -0.2) is 4.98 Å². The van der Waals surface area contributed by atoms with E-state index in [9.17, 15) is 0 Å². The lowest BCUT2D eigenvalue weighted by atomic mass is 10.5. The summed E-state index contributed by atoms with van der Waals surface area (Å²) in [7, 11) is 0. The molecule has 4 nitrogen and oxygen atoms in total. The van der Waals surface area contributed by atoms with Gasteiger partial charge in [0, 0.05) is 12.7 Å². The first-order valence-electron chi connectivity index (χ1n) is 4.07. The fourth-order valence-electron chi connectivity index (χ4n) is 0.893. The van der Waals surface area contributed by atoms with Crippen LogP contribution in [0.15, 0.2) is 12.5 Å². The molecule has 0 radical (unpaired) electrons. The fourth-order valence-corrected chi connectivity index (χ4v) is 0.893. The van der Waals surface area contributed by atoms with Gasteiger partial charge in [-0.1, -0.05) is 0 Å². The van der Waals surface area contributed by atoms with Crippen LogP contribution in [0.5, 0.6) is 0 Å². The molecule has 0 saturated carbocycles. The molecule has 1 heterocycles. The number of anilines is 1. The third-order valence-electron chi connectivity index (χ3n) is 1.45. The van der Waals surface area contributed by atoms with E-state index in [1.54, 1.807) is 12.5 Å². The molecule has 1 aromatic rings. The maximum absolute atomic E-state index is 5.44. The molecule has 0 atom stereocenters. The number of imidazole rings is 1. The Hall–Kier alpha value is -1.03. The van der Waals surface area contributed by atoms with Gasteiger partial charge >= 0.3 is 0 Å². The third-order valence-corrected chi connectivity index (χ3v) is 1.45. The lowest BCUT2D eigenvalue weighted by Crippen LogP contribution is -2.09. The summed E-state index contributed by atoms with van der Waals surface area (Å²) in [4.78, 5) is 3.90. The first-order valence-corrected chi connectivity index (χ1v) is 4.07. The molecular weight excluding hydrogens is 154 g/mol. The zero-order valence-corrected chi connectivity index (χ0v) is 7.53. The van der Waals surface area contributed by atoms with E-state index < -0.39 is 0 Å². The maximum atomic E-state index is 5.44. The van der Waals surface area contributed by atoms with Crippen LogP contribution in [0.2, 0.25) is 0 Å². The lowest BCUT2D eigenvalue weighted by Gasteiger charge is -2.06. The normalized spacial score (nSPS) is 10.9. The number of hydrogen-bond donors (Lipinski definition) is 1. The molecule has 12 heavy (non-hydrogen) atoms. The average Bonchev–Trinajstić information content (AvgIpc) is 2.35. The molecule has 0 fully saturated rings. The molecule has 68 valence electrons. The van der Waals surface area contributed by atoms with Crippen LogP contribution in [-0.2, 0) is 11.3 Å². The molecular formula is C8H15N3O. The molecule has 0 unspecified atom stereocenters. The predicted molar refractivity (Wildman–Crippen MR) is 47.7 cm³/mol. The number of ether oxygens (including phenoxy) is 1. The van der Waals surface area contributed by atoms with Crippen molar-refractivity contribution in [3.63, 3.8) is 0 Å². The summed E-state index contributed by atoms with van der Waals surface area (Å²) in [6.07, 6.45) is 3.79. The molecule has 0 aromatic carbocycles. The number of nitrogen functional groups attached to an aromatic ring is 1. The molecule has 0 saturated heterocycles. The molecule has 1 rings (SSSR count). The number of aromatic nitrogens is 2. The van der Waals surface area contributed by atoms with Crippen molar-refractivity contribution in [2.24, 2.45) is 0 Å². The predicted octanol–water partition coefficient (Wildman–Crippen LogP) is 0.890. The van der Waals surface area contributed by atoms with Crippen molar-refractivity contribution in [1.29, 1.82) is 0 Å². The van der Waals surface area contributed by atoms with E-state index in [-0.39, 0.29) is 6.10 Å². The Labute approximate surface area is 72.3 Å². The van der Waals surface area contributed by atoms with Crippen molar-refractivity contribution in [1.82, 2.24) is 9.55 Å². The standard InChI is InChI=1S/C8H15N3O/c1-7(2)12-4-3-11-5-8(9)10-6-11/h5-7H,3-4,9H2,1-2H3. The van der Waals surface area contributed by atoms with Crippen molar-refractivity contribution in [3.05, 3.63) is 12.5 Å². The quantitative estimate of drug-likeness (QED) is 0.728. The highest BCUT2D eigenvalue weighted by Gasteiger charge is 1.95. The smallest absolute Gasteiger partial charge is 0.141 e. The Morgan fingerprint density at radius 2 is 2.42 bits per heavy atom. The second-order valence-electron chi connectivity index (χ2n) is 2.96. The lowest BCUT2D eigenvalue weighted by molar-refractivity contribution is 0.0727. The van der Waals surface area contributed by atoms with E-state index in [0.717, 1.165) is 6.54 Å². The van der Waals surface area contributed by atoms with Gasteiger partial charge in [0.05, 0.1) is 19.0 Å². The minimum Gasteiger partial charge on any atom is -0.382 e. The van der Waals surface area contributed by atoms with Gasteiger partial charge in [0.15, 0.2) is 0 Å². The highest BCUT2D eigenvalue weighted by atomic mass is 16.5. The van der Waals surface area contributed by atoms with Crippen LogP contribution in [0, 0.1) is 0 Å². The van der Waals surface area contributed by atoms with Gasteiger partial charge in [-0.15, -0.1) is 0 Å². The van der Waals surface area contributed by atoms with E-state index >= 15 is 0 Å². The first-order chi connectivity index (χ1) is 5.68. The van der Waals surface area contributed by atoms with Crippen LogP contribution < -0.4 is 5.73 Å². The summed E-state index contributed by atoms with van der Waals surface area (Å²) in [6, 6.07) is 0. The molecule has 2 N–H and O–H groups in total.